The van der Waals surface area contributed by atoms with Crippen LogP contribution in [0.5, 0.6) is 11.5 Å². The van der Waals surface area contributed by atoms with Gasteiger partial charge >= 0.3 is 0 Å². The Hall–Kier alpha value is -0.780. The molecule has 2 aliphatic heterocycles. The Balaban J connectivity index is 1.81. The maximum Gasteiger partial charge on any atom is 0.231 e. The first kappa shape index (κ1) is 15.1. The lowest BCUT2D eigenvalue weighted by molar-refractivity contribution is -0.243. The van der Waals surface area contributed by atoms with Crippen molar-refractivity contribution in [1.29, 1.82) is 0 Å². The molecule has 5 heteroatoms. The molecule has 2 heterocycles. The first-order valence-electron chi connectivity index (χ1n) is 7.59. The third-order valence-electron chi connectivity index (χ3n) is 4.13. The number of fused-ring (bicyclic) bond motifs is 1. The zero-order chi connectivity index (χ0) is 14.8. The molecule has 0 unspecified atom stereocenters. The van der Waals surface area contributed by atoms with E-state index in [0.717, 1.165) is 47.4 Å². The fraction of sp³-hybridized carbons (Fsp3) is 0.625. The molecule has 0 aromatic heterocycles. The number of hydrogen-bond donors (Lipinski definition) is 0. The molecule has 0 bridgehead atoms. The minimum absolute atomic E-state index is 0.260. The number of benzene rings is 1. The summed E-state index contributed by atoms with van der Waals surface area (Å²) in [5.74, 6) is 2.00. The van der Waals surface area contributed by atoms with E-state index in [1.807, 2.05) is 12.1 Å². The molecule has 2 aliphatic rings. The normalized spacial score (nSPS) is 27.9. The van der Waals surface area contributed by atoms with Crippen LogP contribution in [0.15, 0.2) is 16.6 Å². The van der Waals surface area contributed by atoms with E-state index in [0.29, 0.717) is 5.92 Å². The third kappa shape index (κ3) is 3.05. The first-order chi connectivity index (χ1) is 10.2. The standard InChI is InChI=1S/C16H21BrO4/c1-3-5-13-10(4-2)8-18-16(21-13)11-6-14-15(7-12(11)17)20-9-19-14/h6-7,10,13,16H,3-5,8-9H2,1-2H3/t10-,13-,16+/m1/s1. The Morgan fingerprint density at radius 1 is 1.19 bits per heavy atom. The van der Waals surface area contributed by atoms with Crippen molar-refractivity contribution in [3.05, 3.63) is 22.2 Å². The Kier molecular flexibility index (Phi) is 4.72. The Morgan fingerprint density at radius 3 is 2.67 bits per heavy atom. The average molecular weight is 357 g/mol. The Morgan fingerprint density at radius 2 is 1.95 bits per heavy atom. The number of halogens is 1. The van der Waals surface area contributed by atoms with Crippen LogP contribution in [0, 0.1) is 5.92 Å². The highest BCUT2D eigenvalue weighted by molar-refractivity contribution is 9.10. The lowest BCUT2D eigenvalue weighted by Crippen LogP contribution is -2.35. The number of hydrogen-bond acceptors (Lipinski definition) is 4. The van der Waals surface area contributed by atoms with Gasteiger partial charge < -0.3 is 18.9 Å². The molecule has 3 atom stereocenters. The second kappa shape index (κ2) is 6.55. The van der Waals surface area contributed by atoms with Gasteiger partial charge in [0.25, 0.3) is 0 Å². The smallest absolute Gasteiger partial charge is 0.231 e. The Bertz CT molecular complexity index is 505. The highest BCUT2D eigenvalue weighted by atomic mass is 79.9. The molecule has 4 nitrogen and oxygen atoms in total. The molecule has 1 aromatic rings. The van der Waals surface area contributed by atoms with E-state index in [1.165, 1.54) is 0 Å². The van der Waals surface area contributed by atoms with Gasteiger partial charge in [0.15, 0.2) is 17.8 Å². The van der Waals surface area contributed by atoms with Crippen molar-refractivity contribution in [3.63, 3.8) is 0 Å². The molecule has 21 heavy (non-hydrogen) atoms. The molecule has 116 valence electrons. The molecule has 0 amide bonds. The van der Waals surface area contributed by atoms with Gasteiger partial charge in [-0.1, -0.05) is 36.2 Å². The second-order valence-corrected chi connectivity index (χ2v) is 6.38. The molecule has 0 saturated carbocycles. The van der Waals surface area contributed by atoms with Crippen LogP contribution in [0.3, 0.4) is 0 Å². The average Bonchev–Trinajstić information content (AvgIpc) is 2.94. The van der Waals surface area contributed by atoms with E-state index < -0.39 is 0 Å². The largest absolute Gasteiger partial charge is 0.454 e. The van der Waals surface area contributed by atoms with E-state index in [1.54, 1.807) is 0 Å². The number of ether oxygens (including phenoxy) is 4. The predicted molar refractivity (Wildman–Crippen MR) is 82.5 cm³/mol. The second-order valence-electron chi connectivity index (χ2n) is 5.52. The van der Waals surface area contributed by atoms with Crippen molar-refractivity contribution in [2.45, 2.75) is 45.5 Å². The van der Waals surface area contributed by atoms with Crippen LogP contribution in [-0.4, -0.2) is 19.5 Å². The maximum absolute atomic E-state index is 6.21. The van der Waals surface area contributed by atoms with Crippen molar-refractivity contribution >= 4 is 15.9 Å². The lowest BCUT2D eigenvalue weighted by Gasteiger charge is -2.36. The fourth-order valence-electron chi connectivity index (χ4n) is 2.87. The lowest BCUT2D eigenvalue weighted by atomic mass is 9.95. The molecule has 3 rings (SSSR count). The SMILES string of the molecule is CCC[C@H]1O[C@@H](c2cc3c(cc2Br)OCO3)OC[C@H]1CC. The van der Waals surface area contributed by atoms with E-state index in [2.05, 4.69) is 29.8 Å². The van der Waals surface area contributed by atoms with Gasteiger partial charge in [-0.25, -0.2) is 0 Å². The zero-order valence-electron chi connectivity index (χ0n) is 12.4. The van der Waals surface area contributed by atoms with E-state index >= 15 is 0 Å². The van der Waals surface area contributed by atoms with Gasteiger partial charge in [-0.2, -0.15) is 0 Å². The van der Waals surface area contributed by atoms with Gasteiger partial charge in [-0.3, -0.25) is 0 Å². The summed E-state index contributed by atoms with van der Waals surface area (Å²) in [5, 5.41) is 0. The highest BCUT2D eigenvalue weighted by Crippen LogP contribution is 2.42. The quantitative estimate of drug-likeness (QED) is 0.800. The van der Waals surface area contributed by atoms with Crippen LogP contribution in [0.4, 0.5) is 0 Å². The molecular weight excluding hydrogens is 336 g/mol. The van der Waals surface area contributed by atoms with Crippen LogP contribution < -0.4 is 9.47 Å². The van der Waals surface area contributed by atoms with Gasteiger partial charge in [0.1, 0.15) is 0 Å². The van der Waals surface area contributed by atoms with Gasteiger partial charge in [0.2, 0.25) is 6.79 Å². The minimum atomic E-state index is -0.340. The van der Waals surface area contributed by atoms with Crippen molar-refractivity contribution in [2.24, 2.45) is 5.92 Å². The molecule has 0 N–H and O–H groups in total. The molecule has 0 spiro atoms. The van der Waals surface area contributed by atoms with Crippen molar-refractivity contribution in [2.75, 3.05) is 13.4 Å². The van der Waals surface area contributed by atoms with Gasteiger partial charge in [0.05, 0.1) is 12.7 Å². The summed E-state index contributed by atoms with van der Waals surface area (Å²) in [6, 6.07) is 3.87. The minimum Gasteiger partial charge on any atom is -0.454 e. The monoisotopic (exact) mass is 356 g/mol. The van der Waals surface area contributed by atoms with Crippen molar-refractivity contribution in [1.82, 2.24) is 0 Å². The van der Waals surface area contributed by atoms with Crippen LogP contribution in [0.2, 0.25) is 0 Å². The molecule has 0 radical (unpaired) electrons. The topological polar surface area (TPSA) is 36.9 Å². The summed E-state index contributed by atoms with van der Waals surface area (Å²) in [6.45, 7) is 5.40. The molecule has 1 saturated heterocycles. The molecule has 1 aromatic carbocycles. The summed E-state index contributed by atoms with van der Waals surface area (Å²) >= 11 is 3.58. The van der Waals surface area contributed by atoms with Gasteiger partial charge in [-0.05, 0) is 25.0 Å². The zero-order valence-corrected chi connectivity index (χ0v) is 14.0. The van der Waals surface area contributed by atoms with E-state index in [-0.39, 0.29) is 19.2 Å². The number of rotatable bonds is 4. The third-order valence-corrected chi connectivity index (χ3v) is 4.82. The molecule has 0 aliphatic carbocycles. The van der Waals surface area contributed by atoms with Crippen molar-refractivity contribution in [3.8, 4) is 11.5 Å². The summed E-state index contributed by atoms with van der Waals surface area (Å²) < 4.78 is 23.9. The van der Waals surface area contributed by atoms with Crippen molar-refractivity contribution < 1.29 is 18.9 Å². The summed E-state index contributed by atoms with van der Waals surface area (Å²) in [7, 11) is 0. The Labute approximate surface area is 133 Å². The van der Waals surface area contributed by atoms with Gasteiger partial charge in [0, 0.05) is 16.0 Å². The highest BCUT2D eigenvalue weighted by Gasteiger charge is 2.33. The summed E-state index contributed by atoms with van der Waals surface area (Å²) in [6.07, 6.45) is 3.19. The van der Waals surface area contributed by atoms with Gasteiger partial charge in [-0.15, -0.1) is 0 Å². The fourth-order valence-corrected chi connectivity index (χ4v) is 3.38. The summed E-state index contributed by atoms with van der Waals surface area (Å²) in [4.78, 5) is 0. The molecular formula is C16H21BrO4. The van der Waals surface area contributed by atoms with E-state index in [4.69, 9.17) is 18.9 Å². The predicted octanol–water partition coefficient (Wildman–Crippen LogP) is 4.42. The van der Waals surface area contributed by atoms with Crippen LogP contribution >= 0.6 is 15.9 Å². The van der Waals surface area contributed by atoms with Crippen LogP contribution in [0.1, 0.15) is 45.0 Å². The van der Waals surface area contributed by atoms with E-state index in [9.17, 15) is 0 Å². The summed E-state index contributed by atoms with van der Waals surface area (Å²) in [5.41, 5.74) is 0.968. The van der Waals surface area contributed by atoms with Crippen LogP contribution in [0.25, 0.3) is 0 Å². The van der Waals surface area contributed by atoms with Crippen LogP contribution in [-0.2, 0) is 9.47 Å². The first-order valence-corrected chi connectivity index (χ1v) is 8.38. The maximum atomic E-state index is 6.21. The molecule has 1 fully saturated rings.